The summed E-state index contributed by atoms with van der Waals surface area (Å²) in [5, 5.41) is 9.00. The summed E-state index contributed by atoms with van der Waals surface area (Å²) in [5.74, 6) is 0.773. The van der Waals surface area contributed by atoms with E-state index in [1.807, 2.05) is 4.90 Å². The molecule has 1 atom stereocenters. The summed E-state index contributed by atoms with van der Waals surface area (Å²) >= 11 is 0. The van der Waals surface area contributed by atoms with Crippen LogP contribution in [-0.2, 0) is 13.0 Å². The Kier molecular flexibility index (Phi) is 2.96. The molecular weight excluding hydrogens is 251 g/mol. The molecule has 2 aliphatic rings. The van der Waals surface area contributed by atoms with Crippen LogP contribution in [-0.4, -0.2) is 51.9 Å². The Bertz CT molecular complexity index is 511. The number of carboxylic acid groups (broad SMARTS) is 1. The van der Waals surface area contributed by atoms with Crippen LogP contribution in [0.4, 0.5) is 15.0 Å². The fraction of sp³-hybridized carbons (Fsp3) is 0.583. The molecule has 7 heteroatoms. The summed E-state index contributed by atoms with van der Waals surface area (Å²) in [5.41, 5.74) is 1.70. The van der Waals surface area contributed by atoms with Crippen molar-refractivity contribution in [3.05, 3.63) is 17.6 Å². The van der Waals surface area contributed by atoms with Crippen LogP contribution in [0.3, 0.4) is 0 Å². The van der Waals surface area contributed by atoms with E-state index in [0.717, 1.165) is 17.1 Å². The molecule has 0 radical (unpaired) electrons. The molecular formula is C12H15FN4O2. The molecule has 1 aromatic heterocycles. The molecule has 0 bridgehead atoms. The first-order valence-electron chi connectivity index (χ1n) is 6.35. The first-order chi connectivity index (χ1) is 9.15. The van der Waals surface area contributed by atoms with E-state index in [4.69, 9.17) is 5.11 Å². The van der Waals surface area contributed by atoms with E-state index < -0.39 is 12.3 Å². The van der Waals surface area contributed by atoms with Crippen molar-refractivity contribution in [2.24, 2.45) is 0 Å². The fourth-order valence-electron chi connectivity index (χ4n) is 2.68. The van der Waals surface area contributed by atoms with E-state index in [1.165, 1.54) is 11.2 Å². The van der Waals surface area contributed by atoms with Crippen LogP contribution in [0, 0.1) is 0 Å². The van der Waals surface area contributed by atoms with Crippen molar-refractivity contribution in [2.75, 3.05) is 24.5 Å². The number of anilines is 1. The van der Waals surface area contributed by atoms with Crippen molar-refractivity contribution >= 4 is 11.9 Å². The van der Waals surface area contributed by atoms with E-state index in [-0.39, 0.29) is 6.54 Å². The van der Waals surface area contributed by atoms with E-state index in [1.54, 1.807) is 0 Å². The predicted octanol–water partition coefficient (Wildman–Crippen LogP) is 1.06. The second-order valence-corrected chi connectivity index (χ2v) is 4.91. The monoisotopic (exact) mass is 266 g/mol. The van der Waals surface area contributed by atoms with Crippen molar-refractivity contribution in [2.45, 2.75) is 25.6 Å². The SMILES string of the molecule is O=C(O)N1CCc2c(ncnc2N2CC[C@@H](F)C2)C1. The predicted molar refractivity (Wildman–Crippen MR) is 65.9 cm³/mol. The molecule has 102 valence electrons. The normalized spacial score (nSPS) is 22.5. The van der Waals surface area contributed by atoms with Crippen LogP contribution < -0.4 is 4.90 Å². The maximum absolute atomic E-state index is 13.3. The van der Waals surface area contributed by atoms with Gasteiger partial charge >= 0.3 is 6.09 Å². The van der Waals surface area contributed by atoms with Crippen LogP contribution in [0.25, 0.3) is 0 Å². The van der Waals surface area contributed by atoms with Crippen molar-refractivity contribution < 1.29 is 14.3 Å². The second kappa shape index (κ2) is 4.64. The molecule has 1 aromatic rings. The number of fused-ring (bicyclic) bond motifs is 1. The number of aromatic nitrogens is 2. The first-order valence-corrected chi connectivity index (χ1v) is 6.35. The minimum Gasteiger partial charge on any atom is -0.465 e. The molecule has 1 N–H and O–H groups in total. The quantitative estimate of drug-likeness (QED) is 0.823. The topological polar surface area (TPSA) is 69.6 Å². The highest BCUT2D eigenvalue weighted by atomic mass is 19.1. The van der Waals surface area contributed by atoms with Gasteiger partial charge in [0.2, 0.25) is 0 Å². The number of amides is 1. The van der Waals surface area contributed by atoms with E-state index >= 15 is 0 Å². The van der Waals surface area contributed by atoms with E-state index in [2.05, 4.69) is 9.97 Å². The number of rotatable bonds is 1. The van der Waals surface area contributed by atoms with Gasteiger partial charge in [0.05, 0.1) is 18.8 Å². The fourth-order valence-corrected chi connectivity index (χ4v) is 2.68. The maximum Gasteiger partial charge on any atom is 0.407 e. The Balaban J connectivity index is 1.88. The van der Waals surface area contributed by atoms with Gasteiger partial charge in [-0.3, -0.25) is 0 Å². The molecule has 2 aliphatic heterocycles. The van der Waals surface area contributed by atoms with Gasteiger partial charge in [-0.1, -0.05) is 0 Å². The lowest BCUT2D eigenvalue weighted by Crippen LogP contribution is -2.36. The van der Waals surface area contributed by atoms with Gasteiger partial charge in [-0.2, -0.15) is 0 Å². The number of alkyl halides is 1. The van der Waals surface area contributed by atoms with Crippen LogP contribution in [0.5, 0.6) is 0 Å². The van der Waals surface area contributed by atoms with E-state index in [9.17, 15) is 9.18 Å². The average Bonchev–Trinajstić information content (AvgIpc) is 2.84. The molecule has 0 aliphatic carbocycles. The molecule has 0 aromatic carbocycles. The van der Waals surface area contributed by atoms with Gasteiger partial charge in [0.15, 0.2) is 0 Å². The molecule has 3 heterocycles. The summed E-state index contributed by atoms with van der Waals surface area (Å²) in [6, 6.07) is 0. The second-order valence-electron chi connectivity index (χ2n) is 4.91. The molecule has 0 unspecified atom stereocenters. The number of nitrogens with zero attached hydrogens (tertiary/aromatic N) is 4. The third-order valence-electron chi connectivity index (χ3n) is 3.69. The molecule has 3 rings (SSSR count). The average molecular weight is 266 g/mol. The van der Waals surface area contributed by atoms with E-state index in [0.29, 0.717) is 32.5 Å². The Hall–Kier alpha value is -1.92. The highest BCUT2D eigenvalue weighted by Gasteiger charge is 2.29. The molecule has 1 amide bonds. The lowest BCUT2D eigenvalue weighted by Gasteiger charge is -2.28. The van der Waals surface area contributed by atoms with Gasteiger partial charge in [0, 0.05) is 18.7 Å². The summed E-state index contributed by atoms with van der Waals surface area (Å²) in [7, 11) is 0. The number of carbonyl (C=O) groups is 1. The van der Waals surface area contributed by atoms with Gasteiger partial charge in [-0.25, -0.2) is 19.2 Å². The zero-order valence-electron chi connectivity index (χ0n) is 10.4. The largest absolute Gasteiger partial charge is 0.465 e. The number of hydrogen-bond acceptors (Lipinski definition) is 4. The van der Waals surface area contributed by atoms with Crippen molar-refractivity contribution in [1.29, 1.82) is 0 Å². The summed E-state index contributed by atoms with van der Waals surface area (Å²) < 4.78 is 13.3. The Morgan fingerprint density at radius 1 is 1.42 bits per heavy atom. The van der Waals surface area contributed by atoms with Gasteiger partial charge < -0.3 is 14.9 Å². The minimum absolute atomic E-state index is 0.285. The summed E-state index contributed by atoms with van der Waals surface area (Å²) in [4.78, 5) is 22.7. The van der Waals surface area contributed by atoms with Crippen LogP contribution in [0.1, 0.15) is 17.7 Å². The molecule has 0 spiro atoms. The number of halogens is 1. The smallest absolute Gasteiger partial charge is 0.407 e. The van der Waals surface area contributed by atoms with Gasteiger partial charge in [-0.05, 0) is 12.8 Å². The Labute approximate surface area is 109 Å². The Morgan fingerprint density at radius 3 is 2.95 bits per heavy atom. The third-order valence-corrected chi connectivity index (χ3v) is 3.69. The Morgan fingerprint density at radius 2 is 2.26 bits per heavy atom. The van der Waals surface area contributed by atoms with Crippen LogP contribution in [0.2, 0.25) is 0 Å². The minimum atomic E-state index is -0.934. The molecule has 6 nitrogen and oxygen atoms in total. The molecule has 1 saturated heterocycles. The molecule has 1 fully saturated rings. The van der Waals surface area contributed by atoms with Gasteiger partial charge in [0.1, 0.15) is 18.3 Å². The molecule has 19 heavy (non-hydrogen) atoms. The van der Waals surface area contributed by atoms with Crippen molar-refractivity contribution in [3.8, 4) is 0 Å². The van der Waals surface area contributed by atoms with Crippen LogP contribution in [0.15, 0.2) is 6.33 Å². The highest BCUT2D eigenvalue weighted by Crippen LogP contribution is 2.28. The zero-order chi connectivity index (χ0) is 13.4. The van der Waals surface area contributed by atoms with Gasteiger partial charge in [0.25, 0.3) is 0 Å². The lowest BCUT2D eigenvalue weighted by atomic mass is 10.1. The molecule has 0 saturated carbocycles. The van der Waals surface area contributed by atoms with Crippen molar-refractivity contribution in [3.63, 3.8) is 0 Å². The highest BCUT2D eigenvalue weighted by molar-refractivity contribution is 5.66. The maximum atomic E-state index is 13.3. The standard InChI is InChI=1S/C12H15FN4O2/c13-8-1-3-16(5-8)11-9-2-4-17(12(18)19)6-10(9)14-7-15-11/h7-8H,1-6H2,(H,18,19)/t8-/m1/s1. The first kappa shape index (κ1) is 12.1. The van der Waals surface area contributed by atoms with Gasteiger partial charge in [-0.15, -0.1) is 0 Å². The lowest BCUT2D eigenvalue weighted by molar-refractivity contribution is 0.139. The summed E-state index contributed by atoms with van der Waals surface area (Å²) in [6.07, 6.45) is 0.816. The number of hydrogen-bond donors (Lipinski definition) is 1. The summed E-state index contributed by atoms with van der Waals surface area (Å²) in [6.45, 7) is 1.75. The third kappa shape index (κ3) is 2.20. The van der Waals surface area contributed by atoms with Crippen LogP contribution >= 0.6 is 0 Å². The zero-order valence-corrected chi connectivity index (χ0v) is 10.4. The van der Waals surface area contributed by atoms with Crippen molar-refractivity contribution in [1.82, 2.24) is 14.9 Å².